The van der Waals surface area contributed by atoms with E-state index in [4.69, 9.17) is 10.3 Å². The lowest BCUT2D eigenvalue weighted by molar-refractivity contribution is -0.146. The highest BCUT2D eigenvalue weighted by Crippen LogP contribution is 2.36. The standard InChI is InChI=1S/C11H11F3N4O3S/c1-5(6-3-4-7(21-6)8(19)20-2)22-10-17-16-9(18(10)15)11(12,13)14/h3-5H,15H2,1-2H3. The molecule has 0 aliphatic heterocycles. The van der Waals surface area contributed by atoms with Crippen molar-refractivity contribution in [2.75, 3.05) is 13.0 Å². The zero-order chi connectivity index (χ0) is 16.5. The molecule has 2 aromatic heterocycles. The fourth-order valence-corrected chi connectivity index (χ4v) is 2.40. The van der Waals surface area contributed by atoms with Gasteiger partial charge in [-0.2, -0.15) is 13.2 Å². The number of hydrogen-bond acceptors (Lipinski definition) is 7. The van der Waals surface area contributed by atoms with Crippen molar-refractivity contribution in [1.82, 2.24) is 14.9 Å². The number of nitrogen functional groups attached to an aromatic ring is 1. The molecule has 0 spiro atoms. The number of carbonyl (C=O) groups excluding carboxylic acids is 1. The summed E-state index contributed by atoms with van der Waals surface area (Å²) in [6.07, 6.45) is -4.69. The van der Waals surface area contributed by atoms with Crippen molar-refractivity contribution in [3.8, 4) is 0 Å². The Hall–Kier alpha value is -2.17. The molecular weight excluding hydrogens is 325 g/mol. The van der Waals surface area contributed by atoms with Gasteiger partial charge in [-0.3, -0.25) is 0 Å². The van der Waals surface area contributed by atoms with Gasteiger partial charge in [-0.25, -0.2) is 9.47 Å². The van der Waals surface area contributed by atoms with E-state index in [0.29, 0.717) is 10.4 Å². The predicted octanol–water partition coefficient (Wildman–Crippen LogP) is 2.24. The highest BCUT2D eigenvalue weighted by atomic mass is 32.2. The highest BCUT2D eigenvalue weighted by molar-refractivity contribution is 7.99. The molecule has 2 aromatic rings. The van der Waals surface area contributed by atoms with Crippen molar-refractivity contribution in [2.24, 2.45) is 0 Å². The van der Waals surface area contributed by atoms with E-state index in [1.165, 1.54) is 19.2 Å². The van der Waals surface area contributed by atoms with Crippen molar-refractivity contribution < 1.29 is 27.1 Å². The fourth-order valence-electron chi connectivity index (χ4n) is 1.55. The second-order valence-electron chi connectivity index (χ2n) is 4.13. The van der Waals surface area contributed by atoms with Crippen LogP contribution in [0.1, 0.15) is 34.3 Å². The summed E-state index contributed by atoms with van der Waals surface area (Å²) >= 11 is 0.911. The molecule has 0 bridgehead atoms. The van der Waals surface area contributed by atoms with Crippen LogP contribution in [-0.2, 0) is 10.9 Å². The Kier molecular flexibility index (Phi) is 4.35. The molecule has 0 saturated carbocycles. The fraction of sp³-hybridized carbons (Fsp3) is 0.364. The molecule has 2 heterocycles. The first-order chi connectivity index (χ1) is 10.2. The number of carbonyl (C=O) groups is 1. The number of thioether (sulfide) groups is 1. The Morgan fingerprint density at radius 1 is 1.45 bits per heavy atom. The Morgan fingerprint density at radius 2 is 2.14 bits per heavy atom. The van der Waals surface area contributed by atoms with Gasteiger partial charge in [-0.1, -0.05) is 11.8 Å². The average Bonchev–Trinajstić information content (AvgIpc) is 3.05. The first-order valence-electron chi connectivity index (χ1n) is 5.86. The van der Waals surface area contributed by atoms with Crippen LogP contribution in [0.4, 0.5) is 13.2 Å². The molecule has 22 heavy (non-hydrogen) atoms. The second-order valence-corrected chi connectivity index (χ2v) is 5.44. The van der Waals surface area contributed by atoms with Crippen LogP contribution in [-0.4, -0.2) is 28.0 Å². The van der Waals surface area contributed by atoms with Crippen LogP contribution in [0.2, 0.25) is 0 Å². The summed E-state index contributed by atoms with van der Waals surface area (Å²) < 4.78 is 47.8. The van der Waals surface area contributed by atoms with Crippen LogP contribution in [0.25, 0.3) is 0 Å². The number of ether oxygens (including phenoxy) is 1. The van der Waals surface area contributed by atoms with Gasteiger partial charge in [-0.05, 0) is 19.1 Å². The molecule has 2 N–H and O–H groups in total. The predicted molar refractivity (Wildman–Crippen MR) is 69.5 cm³/mol. The molecule has 0 saturated heterocycles. The maximum atomic E-state index is 12.6. The van der Waals surface area contributed by atoms with Gasteiger partial charge in [0.15, 0.2) is 0 Å². The van der Waals surface area contributed by atoms with Gasteiger partial charge >= 0.3 is 12.1 Å². The van der Waals surface area contributed by atoms with Crippen LogP contribution in [0.15, 0.2) is 21.7 Å². The number of rotatable bonds is 4. The maximum absolute atomic E-state index is 12.6. The zero-order valence-electron chi connectivity index (χ0n) is 11.4. The number of nitrogens with zero attached hydrogens (tertiary/aromatic N) is 3. The summed E-state index contributed by atoms with van der Waals surface area (Å²) in [4.78, 5) is 11.3. The van der Waals surface area contributed by atoms with E-state index in [1.54, 1.807) is 6.92 Å². The molecule has 0 amide bonds. The van der Waals surface area contributed by atoms with Crippen LogP contribution in [0, 0.1) is 0 Å². The van der Waals surface area contributed by atoms with Crippen LogP contribution in [0.5, 0.6) is 0 Å². The molecule has 7 nitrogen and oxygen atoms in total. The van der Waals surface area contributed by atoms with Gasteiger partial charge in [0, 0.05) is 0 Å². The SMILES string of the molecule is COC(=O)c1ccc(C(C)Sc2nnc(C(F)(F)F)n2N)o1. The second kappa shape index (κ2) is 5.91. The van der Waals surface area contributed by atoms with E-state index in [-0.39, 0.29) is 10.9 Å². The number of nitrogens with two attached hydrogens (primary N) is 1. The molecule has 1 unspecified atom stereocenters. The normalized spacial score (nSPS) is 13.1. The smallest absolute Gasteiger partial charge is 0.453 e. The van der Waals surface area contributed by atoms with Crippen molar-refractivity contribution in [3.63, 3.8) is 0 Å². The number of hydrogen-bond donors (Lipinski definition) is 1. The minimum atomic E-state index is -4.69. The minimum Gasteiger partial charge on any atom is -0.463 e. The van der Waals surface area contributed by atoms with Crippen molar-refractivity contribution in [2.45, 2.75) is 23.5 Å². The van der Waals surface area contributed by atoms with Gasteiger partial charge in [0.2, 0.25) is 10.9 Å². The topological polar surface area (TPSA) is 96.2 Å². The quantitative estimate of drug-likeness (QED) is 0.519. The van der Waals surface area contributed by atoms with E-state index in [0.717, 1.165) is 11.8 Å². The van der Waals surface area contributed by atoms with E-state index in [9.17, 15) is 18.0 Å². The third-order valence-electron chi connectivity index (χ3n) is 2.61. The van der Waals surface area contributed by atoms with Gasteiger partial charge in [-0.15, -0.1) is 10.2 Å². The molecule has 120 valence electrons. The van der Waals surface area contributed by atoms with E-state index in [2.05, 4.69) is 14.9 Å². The lowest BCUT2D eigenvalue weighted by Gasteiger charge is -2.09. The van der Waals surface area contributed by atoms with Gasteiger partial charge in [0.1, 0.15) is 5.76 Å². The summed E-state index contributed by atoms with van der Waals surface area (Å²) in [5.41, 5.74) is 0. The summed E-state index contributed by atoms with van der Waals surface area (Å²) in [6, 6.07) is 2.93. The summed E-state index contributed by atoms with van der Waals surface area (Å²) in [7, 11) is 1.21. The summed E-state index contributed by atoms with van der Waals surface area (Å²) in [5, 5.41) is 5.85. The maximum Gasteiger partial charge on any atom is 0.453 e. The number of aromatic nitrogens is 3. The molecule has 11 heteroatoms. The Labute approximate surface area is 126 Å². The molecule has 2 rings (SSSR count). The Bertz CT molecular complexity index is 682. The molecule has 1 atom stereocenters. The molecule has 0 radical (unpaired) electrons. The minimum absolute atomic E-state index is 0.00449. The van der Waals surface area contributed by atoms with Crippen molar-refractivity contribution in [1.29, 1.82) is 0 Å². The monoisotopic (exact) mass is 336 g/mol. The van der Waals surface area contributed by atoms with Gasteiger partial charge in [0.05, 0.1) is 12.4 Å². The lowest BCUT2D eigenvalue weighted by atomic mass is 10.3. The third kappa shape index (κ3) is 3.18. The molecular formula is C11H11F3N4O3S. The molecule has 0 aliphatic rings. The Morgan fingerprint density at radius 3 is 2.68 bits per heavy atom. The largest absolute Gasteiger partial charge is 0.463 e. The van der Waals surface area contributed by atoms with Gasteiger partial charge in [0.25, 0.3) is 5.82 Å². The van der Waals surface area contributed by atoms with Gasteiger partial charge < -0.3 is 15.0 Å². The zero-order valence-corrected chi connectivity index (χ0v) is 12.2. The van der Waals surface area contributed by atoms with E-state index >= 15 is 0 Å². The molecule has 0 aliphatic carbocycles. The van der Waals surface area contributed by atoms with Crippen LogP contribution in [0.3, 0.4) is 0 Å². The molecule has 0 fully saturated rings. The average molecular weight is 336 g/mol. The molecule has 0 aromatic carbocycles. The number of furan rings is 1. The number of alkyl halides is 3. The van der Waals surface area contributed by atoms with E-state index < -0.39 is 23.2 Å². The summed E-state index contributed by atoms with van der Waals surface area (Å²) in [5.74, 6) is 3.75. The first kappa shape index (κ1) is 16.2. The lowest BCUT2D eigenvalue weighted by Crippen LogP contribution is -2.21. The number of esters is 1. The number of methoxy groups -OCH3 is 1. The highest BCUT2D eigenvalue weighted by Gasteiger charge is 2.38. The first-order valence-corrected chi connectivity index (χ1v) is 6.74. The third-order valence-corrected chi connectivity index (χ3v) is 3.69. The van der Waals surface area contributed by atoms with Crippen molar-refractivity contribution in [3.05, 3.63) is 29.5 Å². The summed E-state index contributed by atoms with van der Waals surface area (Å²) in [6.45, 7) is 1.66. The van der Waals surface area contributed by atoms with Crippen LogP contribution >= 0.6 is 11.8 Å². The van der Waals surface area contributed by atoms with Crippen molar-refractivity contribution >= 4 is 17.7 Å². The van der Waals surface area contributed by atoms with E-state index in [1.807, 2.05) is 0 Å². The van der Waals surface area contributed by atoms with Crippen LogP contribution < -0.4 is 5.84 Å². The number of halogens is 3. The Balaban J connectivity index is 2.16.